The molecular formula is C8H16O. The zero-order valence-corrected chi connectivity index (χ0v) is 6.39. The van der Waals surface area contributed by atoms with Gasteiger partial charge in [0.25, 0.3) is 0 Å². The van der Waals surface area contributed by atoms with E-state index >= 15 is 0 Å². The molecule has 1 heteroatoms. The van der Waals surface area contributed by atoms with Crippen LogP contribution in [0.3, 0.4) is 0 Å². The van der Waals surface area contributed by atoms with Gasteiger partial charge >= 0.3 is 0 Å². The minimum atomic E-state index is 0.579. The summed E-state index contributed by atoms with van der Waals surface area (Å²) in [5.74, 6) is 0.856. The molecule has 9 heavy (non-hydrogen) atoms. The molecule has 1 aliphatic rings. The molecule has 0 aromatic rings. The molecule has 0 aromatic carbocycles. The maximum atomic E-state index is 5.51. The molecule has 0 bridgehead atoms. The number of hydrogen-bond acceptors (Lipinski definition) is 1. The highest BCUT2D eigenvalue weighted by molar-refractivity contribution is 4.73. The van der Waals surface area contributed by atoms with Crippen molar-refractivity contribution < 1.29 is 4.74 Å². The first-order valence-corrected chi connectivity index (χ1v) is 4.00. The molecule has 0 unspecified atom stereocenters. The van der Waals surface area contributed by atoms with Crippen LogP contribution in [0.15, 0.2) is 0 Å². The Morgan fingerprint density at radius 1 is 1.33 bits per heavy atom. The largest absolute Gasteiger partial charge is 0.378 e. The van der Waals surface area contributed by atoms with E-state index in [1.54, 1.807) is 0 Å². The SMILES string of the molecule is CC[C@H]1CCO[C@H]1CC. The first kappa shape index (κ1) is 7.07. The van der Waals surface area contributed by atoms with E-state index in [9.17, 15) is 0 Å². The lowest BCUT2D eigenvalue weighted by Gasteiger charge is -2.13. The van der Waals surface area contributed by atoms with E-state index in [4.69, 9.17) is 4.74 Å². The number of ether oxygens (including phenoxy) is 1. The standard InChI is InChI=1S/C8H16O/c1-3-7-5-6-9-8(7)4-2/h7-8H,3-6H2,1-2H3/t7-,8-/m0/s1. The fourth-order valence-electron chi connectivity index (χ4n) is 1.61. The van der Waals surface area contributed by atoms with Crippen LogP contribution >= 0.6 is 0 Å². The van der Waals surface area contributed by atoms with E-state index < -0.39 is 0 Å². The van der Waals surface area contributed by atoms with Gasteiger partial charge in [-0.2, -0.15) is 0 Å². The molecule has 0 saturated carbocycles. The van der Waals surface area contributed by atoms with Gasteiger partial charge < -0.3 is 4.74 Å². The smallest absolute Gasteiger partial charge is 0.0601 e. The third kappa shape index (κ3) is 1.45. The minimum absolute atomic E-state index is 0.579. The topological polar surface area (TPSA) is 9.23 Å². The van der Waals surface area contributed by atoms with Crippen LogP contribution in [0.1, 0.15) is 33.1 Å². The second-order valence-corrected chi connectivity index (χ2v) is 2.77. The first-order valence-electron chi connectivity index (χ1n) is 4.00. The molecule has 0 spiro atoms. The van der Waals surface area contributed by atoms with Crippen molar-refractivity contribution in [1.82, 2.24) is 0 Å². The summed E-state index contributed by atoms with van der Waals surface area (Å²) in [6, 6.07) is 0. The second kappa shape index (κ2) is 3.21. The van der Waals surface area contributed by atoms with Crippen molar-refractivity contribution in [3.05, 3.63) is 0 Å². The zero-order valence-electron chi connectivity index (χ0n) is 6.39. The summed E-state index contributed by atoms with van der Waals surface area (Å²) in [6.07, 6.45) is 4.35. The summed E-state index contributed by atoms with van der Waals surface area (Å²) >= 11 is 0. The molecule has 1 aliphatic heterocycles. The summed E-state index contributed by atoms with van der Waals surface area (Å²) in [6.45, 7) is 5.46. The van der Waals surface area contributed by atoms with Crippen LogP contribution in [0.5, 0.6) is 0 Å². The monoisotopic (exact) mass is 128 g/mol. The first-order chi connectivity index (χ1) is 4.38. The Bertz CT molecular complexity index is 70.6. The summed E-state index contributed by atoms with van der Waals surface area (Å²) in [5.41, 5.74) is 0. The summed E-state index contributed by atoms with van der Waals surface area (Å²) in [7, 11) is 0. The van der Waals surface area contributed by atoms with Gasteiger partial charge in [-0.3, -0.25) is 0 Å². The molecule has 1 rings (SSSR count). The molecule has 0 aliphatic carbocycles. The Morgan fingerprint density at radius 2 is 2.11 bits per heavy atom. The van der Waals surface area contributed by atoms with Crippen molar-refractivity contribution in [2.45, 2.75) is 39.2 Å². The average Bonchev–Trinajstić information content (AvgIpc) is 2.33. The molecule has 1 nitrogen and oxygen atoms in total. The Morgan fingerprint density at radius 3 is 2.56 bits per heavy atom. The highest BCUT2D eigenvalue weighted by atomic mass is 16.5. The predicted molar refractivity (Wildman–Crippen MR) is 38.4 cm³/mol. The molecule has 0 aromatic heterocycles. The maximum Gasteiger partial charge on any atom is 0.0601 e. The fourth-order valence-corrected chi connectivity index (χ4v) is 1.61. The van der Waals surface area contributed by atoms with Gasteiger partial charge in [0, 0.05) is 6.61 Å². The Kier molecular flexibility index (Phi) is 2.52. The lowest BCUT2D eigenvalue weighted by Crippen LogP contribution is -2.13. The van der Waals surface area contributed by atoms with Crippen molar-refractivity contribution in [2.24, 2.45) is 5.92 Å². The highest BCUT2D eigenvalue weighted by Crippen LogP contribution is 2.25. The summed E-state index contributed by atoms with van der Waals surface area (Å²) < 4.78 is 5.51. The third-order valence-corrected chi connectivity index (χ3v) is 2.27. The molecule has 0 amide bonds. The number of rotatable bonds is 2. The Balaban J connectivity index is 2.32. The molecule has 2 atom stereocenters. The minimum Gasteiger partial charge on any atom is -0.378 e. The van der Waals surface area contributed by atoms with Gasteiger partial charge in [0.1, 0.15) is 0 Å². The van der Waals surface area contributed by atoms with Crippen LogP contribution in [0.2, 0.25) is 0 Å². The summed E-state index contributed by atoms with van der Waals surface area (Å²) in [5, 5.41) is 0. The quantitative estimate of drug-likeness (QED) is 0.554. The normalized spacial score (nSPS) is 35.3. The van der Waals surface area contributed by atoms with Gasteiger partial charge in [0.05, 0.1) is 6.10 Å². The van der Waals surface area contributed by atoms with Crippen molar-refractivity contribution in [3.63, 3.8) is 0 Å². The lowest BCUT2D eigenvalue weighted by molar-refractivity contribution is 0.0867. The molecule has 0 N–H and O–H groups in total. The molecule has 54 valence electrons. The van der Waals surface area contributed by atoms with E-state index in [1.165, 1.54) is 19.3 Å². The highest BCUT2D eigenvalue weighted by Gasteiger charge is 2.24. The van der Waals surface area contributed by atoms with Crippen LogP contribution in [-0.2, 0) is 4.74 Å². The third-order valence-electron chi connectivity index (χ3n) is 2.27. The van der Waals surface area contributed by atoms with Crippen molar-refractivity contribution in [2.75, 3.05) is 6.61 Å². The molecule has 1 heterocycles. The zero-order chi connectivity index (χ0) is 6.69. The van der Waals surface area contributed by atoms with Crippen LogP contribution < -0.4 is 0 Å². The Labute approximate surface area is 57.4 Å². The molecule has 0 radical (unpaired) electrons. The second-order valence-electron chi connectivity index (χ2n) is 2.77. The van der Waals surface area contributed by atoms with Gasteiger partial charge in [-0.15, -0.1) is 0 Å². The van der Waals surface area contributed by atoms with Crippen molar-refractivity contribution >= 4 is 0 Å². The van der Waals surface area contributed by atoms with Gasteiger partial charge in [-0.1, -0.05) is 20.3 Å². The van der Waals surface area contributed by atoms with E-state index in [0.717, 1.165) is 12.5 Å². The van der Waals surface area contributed by atoms with Crippen LogP contribution in [0, 0.1) is 5.92 Å². The molecular weight excluding hydrogens is 112 g/mol. The lowest BCUT2D eigenvalue weighted by atomic mass is 9.97. The van der Waals surface area contributed by atoms with E-state index in [0.29, 0.717) is 6.10 Å². The molecule has 1 fully saturated rings. The predicted octanol–water partition coefficient (Wildman–Crippen LogP) is 2.21. The van der Waals surface area contributed by atoms with Gasteiger partial charge in [-0.25, -0.2) is 0 Å². The summed E-state index contributed by atoms with van der Waals surface area (Å²) in [4.78, 5) is 0. The average molecular weight is 128 g/mol. The van der Waals surface area contributed by atoms with E-state index in [2.05, 4.69) is 13.8 Å². The van der Waals surface area contributed by atoms with Crippen LogP contribution in [0.25, 0.3) is 0 Å². The fraction of sp³-hybridized carbons (Fsp3) is 1.00. The van der Waals surface area contributed by atoms with Crippen LogP contribution in [0.4, 0.5) is 0 Å². The Hall–Kier alpha value is -0.0400. The van der Waals surface area contributed by atoms with E-state index in [1.807, 2.05) is 0 Å². The maximum absolute atomic E-state index is 5.51. The van der Waals surface area contributed by atoms with Gasteiger partial charge in [0.15, 0.2) is 0 Å². The van der Waals surface area contributed by atoms with Gasteiger partial charge in [0.2, 0.25) is 0 Å². The van der Waals surface area contributed by atoms with E-state index in [-0.39, 0.29) is 0 Å². The van der Waals surface area contributed by atoms with Crippen molar-refractivity contribution in [3.8, 4) is 0 Å². The van der Waals surface area contributed by atoms with Crippen LogP contribution in [-0.4, -0.2) is 12.7 Å². The molecule has 1 saturated heterocycles. The van der Waals surface area contributed by atoms with Crippen molar-refractivity contribution in [1.29, 1.82) is 0 Å². The number of hydrogen-bond donors (Lipinski definition) is 0. The van der Waals surface area contributed by atoms with Gasteiger partial charge in [-0.05, 0) is 18.8 Å².